The van der Waals surface area contributed by atoms with Crippen LogP contribution in [0.2, 0.25) is 0 Å². The molecule has 0 aliphatic carbocycles. The van der Waals surface area contributed by atoms with Crippen molar-refractivity contribution >= 4 is 5.78 Å². The van der Waals surface area contributed by atoms with E-state index < -0.39 is 0 Å². The lowest BCUT2D eigenvalue weighted by molar-refractivity contribution is -0.157. The second kappa shape index (κ2) is 7.21. The highest BCUT2D eigenvalue weighted by Crippen LogP contribution is 2.38. The molecule has 0 aromatic heterocycles. The third kappa shape index (κ3) is 4.05. The van der Waals surface area contributed by atoms with Gasteiger partial charge in [-0.25, -0.2) is 0 Å². The summed E-state index contributed by atoms with van der Waals surface area (Å²) < 4.78 is 11.5. The first-order valence-corrected chi connectivity index (χ1v) is 8.73. The fourth-order valence-electron chi connectivity index (χ4n) is 4.12. The maximum atomic E-state index is 12.6. The van der Waals surface area contributed by atoms with E-state index in [9.17, 15) is 4.79 Å². The lowest BCUT2D eigenvalue weighted by atomic mass is 9.78. The molecule has 1 atom stereocenters. The van der Waals surface area contributed by atoms with Crippen molar-refractivity contribution in [2.24, 2.45) is 11.8 Å². The zero-order chi connectivity index (χ0) is 14.5. The highest BCUT2D eigenvalue weighted by atomic mass is 16.5. The van der Waals surface area contributed by atoms with Crippen LogP contribution >= 0.6 is 0 Å². The van der Waals surface area contributed by atoms with Crippen LogP contribution in [-0.4, -0.2) is 44.3 Å². The van der Waals surface area contributed by atoms with Gasteiger partial charge in [-0.2, -0.15) is 0 Å². The second-order valence-electron chi connectivity index (χ2n) is 7.03. The molecule has 0 radical (unpaired) electrons. The normalized spacial score (nSPS) is 30.4. The summed E-state index contributed by atoms with van der Waals surface area (Å²) in [5.41, 5.74) is -0.0500. The lowest BCUT2D eigenvalue weighted by Gasteiger charge is -2.43. The monoisotopic (exact) mass is 295 g/mol. The molecular formula is C17H29NO3. The van der Waals surface area contributed by atoms with Crippen molar-refractivity contribution in [2.45, 2.75) is 57.0 Å². The summed E-state index contributed by atoms with van der Waals surface area (Å²) in [5.74, 6) is 1.48. The zero-order valence-electron chi connectivity index (χ0n) is 13.1. The summed E-state index contributed by atoms with van der Waals surface area (Å²) in [6, 6.07) is 0. The van der Waals surface area contributed by atoms with Gasteiger partial charge in [0.2, 0.25) is 0 Å². The number of ether oxygens (including phenoxy) is 2. The molecule has 3 aliphatic rings. The minimum Gasteiger partial charge on any atom is -0.381 e. The Labute approximate surface area is 127 Å². The summed E-state index contributed by atoms with van der Waals surface area (Å²) in [4.78, 5) is 12.6. The number of rotatable bonds is 4. The Balaban J connectivity index is 1.47. The van der Waals surface area contributed by atoms with Gasteiger partial charge in [-0.1, -0.05) is 0 Å². The molecule has 4 heteroatoms. The van der Waals surface area contributed by atoms with Crippen molar-refractivity contribution in [3.63, 3.8) is 0 Å². The van der Waals surface area contributed by atoms with Gasteiger partial charge in [0.25, 0.3) is 0 Å². The molecule has 0 aromatic rings. The third-order valence-corrected chi connectivity index (χ3v) is 5.61. The van der Waals surface area contributed by atoms with Crippen molar-refractivity contribution in [2.75, 3.05) is 32.9 Å². The fraction of sp³-hybridized carbons (Fsp3) is 0.941. The first-order chi connectivity index (χ1) is 10.3. The van der Waals surface area contributed by atoms with Crippen LogP contribution in [-0.2, 0) is 14.3 Å². The van der Waals surface area contributed by atoms with Crippen LogP contribution in [0.3, 0.4) is 0 Å². The van der Waals surface area contributed by atoms with E-state index in [-0.39, 0.29) is 11.5 Å². The number of nitrogens with one attached hydrogen (secondary N) is 1. The third-order valence-electron chi connectivity index (χ3n) is 5.61. The Morgan fingerprint density at radius 1 is 1.10 bits per heavy atom. The van der Waals surface area contributed by atoms with E-state index in [0.29, 0.717) is 5.78 Å². The predicted octanol–water partition coefficient (Wildman–Crippen LogP) is 2.31. The van der Waals surface area contributed by atoms with E-state index in [1.165, 1.54) is 12.8 Å². The molecule has 120 valence electrons. The minimum absolute atomic E-state index is 0.0500. The molecule has 1 unspecified atom stereocenters. The van der Waals surface area contributed by atoms with E-state index in [1.807, 2.05) is 0 Å². The van der Waals surface area contributed by atoms with Crippen LogP contribution in [0.5, 0.6) is 0 Å². The second-order valence-corrected chi connectivity index (χ2v) is 7.03. The molecule has 0 aromatic carbocycles. The Morgan fingerprint density at radius 2 is 1.86 bits per heavy atom. The van der Waals surface area contributed by atoms with Crippen molar-refractivity contribution in [1.29, 1.82) is 0 Å². The number of piperidine rings is 1. The quantitative estimate of drug-likeness (QED) is 0.864. The number of carbonyl (C=O) groups is 1. The van der Waals surface area contributed by atoms with Crippen LogP contribution in [0, 0.1) is 11.8 Å². The molecule has 3 fully saturated rings. The molecule has 21 heavy (non-hydrogen) atoms. The van der Waals surface area contributed by atoms with Crippen LogP contribution in [0.4, 0.5) is 0 Å². The van der Waals surface area contributed by atoms with Crippen molar-refractivity contribution in [3.05, 3.63) is 0 Å². The first-order valence-electron chi connectivity index (χ1n) is 8.73. The van der Waals surface area contributed by atoms with Crippen LogP contribution < -0.4 is 5.32 Å². The van der Waals surface area contributed by atoms with E-state index in [1.54, 1.807) is 0 Å². The lowest BCUT2D eigenvalue weighted by Crippen LogP contribution is -2.45. The summed E-state index contributed by atoms with van der Waals surface area (Å²) in [6.07, 6.45) is 8.13. The summed E-state index contributed by atoms with van der Waals surface area (Å²) >= 11 is 0. The van der Waals surface area contributed by atoms with Crippen molar-refractivity contribution < 1.29 is 14.3 Å². The number of Topliss-reactive ketones (excluding diaryl/α,β-unsaturated/α-hetero) is 1. The summed E-state index contributed by atoms with van der Waals surface area (Å²) in [7, 11) is 0. The molecular weight excluding hydrogens is 266 g/mol. The van der Waals surface area contributed by atoms with E-state index in [2.05, 4.69) is 5.32 Å². The first kappa shape index (κ1) is 15.4. The summed E-state index contributed by atoms with van der Waals surface area (Å²) in [6.45, 7) is 4.58. The molecule has 0 saturated carbocycles. The number of carbonyl (C=O) groups excluding carboxylic acids is 1. The van der Waals surface area contributed by atoms with E-state index in [4.69, 9.17) is 9.47 Å². The molecule has 1 spiro atoms. The average Bonchev–Trinajstić information content (AvgIpc) is 2.54. The SMILES string of the molecule is O=C(CCC1CCNCC1)C1CCOC2(CCOCC2)C1. The van der Waals surface area contributed by atoms with Crippen LogP contribution in [0.25, 0.3) is 0 Å². The molecule has 1 N–H and O–H groups in total. The maximum absolute atomic E-state index is 12.6. The highest BCUT2D eigenvalue weighted by molar-refractivity contribution is 5.81. The molecule has 4 nitrogen and oxygen atoms in total. The molecule has 3 rings (SSSR count). The molecule has 3 heterocycles. The number of hydrogen-bond acceptors (Lipinski definition) is 4. The van der Waals surface area contributed by atoms with Gasteiger partial charge in [0.05, 0.1) is 5.60 Å². The maximum Gasteiger partial charge on any atom is 0.136 e. The van der Waals surface area contributed by atoms with E-state index >= 15 is 0 Å². The van der Waals surface area contributed by atoms with E-state index in [0.717, 1.165) is 77.4 Å². The van der Waals surface area contributed by atoms with Gasteiger partial charge < -0.3 is 14.8 Å². The number of ketones is 1. The molecule has 3 aliphatic heterocycles. The zero-order valence-corrected chi connectivity index (χ0v) is 13.1. The molecule has 3 saturated heterocycles. The van der Waals surface area contributed by atoms with Gasteiger partial charge in [0, 0.05) is 32.2 Å². The molecule has 0 amide bonds. The van der Waals surface area contributed by atoms with Crippen LogP contribution in [0.1, 0.15) is 51.4 Å². The van der Waals surface area contributed by atoms with Gasteiger partial charge in [-0.15, -0.1) is 0 Å². The number of hydrogen-bond donors (Lipinski definition) is 1. The standard InChI is InChI=1S/C17H29NO3/c19-16(2-1-14-3-8-18-9-4-14)15-5-10-21-17(13-15)6-11-20-12-7-17/h14-15,18H,1-13H2. The van der Waals surface area contributed by atoms with Gasteiger partial charge in [-0.3, -0.25) is 4.79 Å². The Morgan fingerprint density at radius 3 is 2.62 bits per heavy atom. The Kier molecular flexibility index (Phi) is 5.30. The van der Waals surface area contributed by atoms with Crippen LogP contribution in [0.15, 0.2) is 0 Å². The molecule has 0 bridgehead atoms. The predicted molar refractivity (Wildman–Crippen MR) is 81.3 cm³/mol. The van der Waals surface area contributed by atoms with Gasteiger partial charge >= 0.3 is 0 Å². The summed E-state index contributed by atoms with van der Waals surface area (Å²) in [5, 5.41) is 3.39. The van der Waals surface area contributed by atoms with Gasteiger partial charge in [-0.05, 0) is 64.0 Å². The van der Waals surface area contributed by atoms with Crippen molar-refractivity contribution in [1.82, 2.24) is 5.32 Å². The Hall–Kier alpha value is -0.450. The highest BCUT2D eigenvalue weighted by Gasteiger charge is 2.40. The average molecular weight is 295 g/mol. The Bertz CT molecular complexity index is 340. The van der Waals surface area contributed by atoms with Gasteiger partial charge in [0.15, 0.2) is 0 Å². The van der Waals surface area contributed by atoms with Crippen molar-refractivity contribution in [3.8, 4) is 0 Å². The largest absolute Gasteiger partial charge is 0.381 e. The minimum atomic E-state index is -0.0500. The smallest absolute Gasteiger partial charge is 0.136 e. The van der Waals surface area contributed by atoms with Gasteiger partial charge in [0.1, 0.15) is 5.78 Å². The fourth-order valence-corrected chi connectivity index (χ4v) is 4.12. The topological polar surface area (TPSA) is 47.6 Å².